The van der Waals surface area contributed by atoms with E-state index in [1.54, 1.807) is 0 Å². The lowest BCUT2D eigenvalue weighted by Gasteiger charge is -2.13. The van der Waals surface area contributed by atoms with Crippen LogP contribution in [0.15, 0.2) is 140 Å². The molecule has 0 radical (unpaired) electrons. The normalized spacial score (nSPS) is 12.0. The van der Waals surface area contributed by atoms with Crippen LogP contribution in [0.2, 0.25) is 0 Å². The maximum absolute atomic E-state index is 4.61. The van der Waals surface area contributed by atoms with Crippen molar-refractivity contribution in [2.24, 2.45) is 0 Å². The molecule has 0 saturated carbocycles. The van der Waals surface area contributed by atoms with E-state index in [2.05, 4.69) is 135 Å². The highest BCUT2D eigenvalue weighted by atomic mass is 15.0. The van der Waals surface area contributed by atoms with Gasteiger partial charge in [-0.15, -0.1) is 0 Å². The molecule has 9 rings (SSSR count). The molecule has 0 N–H and O–H groups in total. The average Bonchev–Trinajstić information content (AvgIpc) is 3.57. The maximum atomic E-state index is 4.61. The van der Waals surface area contributed by atoms with Crippen LogP contribution in [0.1, 0.15) is 0 Å². The second-order valence-corrected chi connectivity index (χ2v) is 10.5. The first-order valence-electron chi connectivity index (χ1n) is 13.6. The number of hydrogen-bond donors (Lipinski definition) is 0. The minimum atomic E-state index is 0.976. The third-order valence-corrected chi connectivity index (χ3v) is 8.30. The Morgan fingerprint density at radius 2 is 1.15 bits per heavy atom. The second kappa shape index (κ2) is 8.05. The lowest BCUT2D eigenvalue weighted by Crippen LogP contribution is -1.95. The van der Waals surface area contributed by atoms with Gasteiger partial charge in [-0.2, -0.15) is 0 Å². The molecule has 4 heterocycles. The van der Waals surface area contributed by atoms with Crippen molar-refractivity contribution in [3.8, 4) is 16.9 Å². The van der Waals surface area contributed by atoms with Crippen LogP contribution in [0.5, 0.6) is 0 Å². The summed E-state index contributed by atoms with van der Waals surface area (Å²) in [6, 6.07) is 48.1. The molecule has 0 aliphatic rings. The number of benzene rings is 5. The van der Waals surface area contributed by atoms with Gasteiger partial charge >= 0.3 is 0 Å². The van der Waals surface area contributed by atoms with Gasteiger partial charge in [-0.25, -0.2) is 0 Å². The number of fused-ring (bicyclic) bond motifs is 11. The fourth-order valence-corrected chi connectivity index (χ4v) is 6.57. The van der Waals surface area contributed by atoms with Gasteiger partial charge in [-0.05, 0) is 66.0 Å². The van der Waals surface area contributed by atoms with Gasteiger partial charge in [-0.1, -0.05) is 72.8 Å². The molecule has 0 bridgehead atoms. The number of nitrogens with zero attached hydrogens (tertiary/aromatic N) is 3. The first-order valence-corrected chi connectivity index (χ1v) is 13.6. The SMILES string of the molecule is c1ccc(-c2cccc(-n3c4ccccc4c4cc5c6ccccc6n6c7ccccc7cc6c5cc43)c2)nc1. The van der Waals surface area contributed by atoms with Crippen LogP contribution in [-0.2, 0) is 0 Å². The molecule has 0 amide bonds. The van der Waals surface area contributed by atoms with E-state index in [9.17, 15) is 0 Å². The monoisotopic (exact) mass is 509 g/mol. The Hall–Kier alpha value is -5.41. The summed E-state index contributed by atoms with van der Waals surface area (Å²) >= 11 is 0. The van der Waals surface area contributed by atoms with E-state index >= 15 is 0 Å². The maximum Gasteiger partial charge on any atom is 0.0702 e. The van der Waals surface area contributed by atoms with Gasteiger partial charge in [0.1, 0.15) is 0 Å². The number of rotatable bonds is 2. The van der Waals surface area contributed by atoms with Gasteiger partial charge in [0.15, 0.2) is 0 Å². The third kappa shape index (κ3) is 2.92. The zero-order valence-electron chi connectivity index (χ0n) is 21.6. The standard InChI is InChI=1S/C37H23N3/c1-4-16-33-25(10-1)21-36-31-23-37-30(22-29(31)27-13-2-6-18-35(27)40(33)36)28-14-3-5-17-34(28)39(37)26-12-9-11-24(20-26)32-15-7-8-19-38-32/h1-23H. The lowest BCUT2D eigenvalue weighted by molar-refractivity contribution is 1.18. The molecule has 3 nitrogen and oxygen atoms in total. The molecule has 3 heteroatoms. The summed E-state index contributed by atoms with van der Waals surface area (Å²) in [5.41, 5.74) is 9.32. The molecule has 5 aromatic carbocycles. The Bertz CT molecular complexity index is 2430. The quantitative estimate of drug-likeness (QED) is 0.213. The smallest absolute Gasteiger partial charge is 0.0702 e. The van der Waals surface area contributed by atoms with Crippen LogP contribution in [0.25, 0.3) is 76.8 Å². The van der Waals surface area contributed by atoms with Gasteiger partial charge in [0, 0.05) is 44.4 Å². The molecular formula is C37H23N3. The predicted octanol–water partition coefficient (Wildman–Crippen LogP) is 9.56. The van der Waals surface area contributed by atoms with E-state index < -0.39 is 0 Å². The minimum Gasteiger partial charge on any atom is -0.309 e. The van der Waals surface area contributed by atoms with Crippen molar-refractivity contribution < 1.29 is 0 Å². The first-order chi connectivity index (χ1) is 19.8. The van der Waals surface area contributed by atoms with E-state index in [0.717, 1.165) is 16.9 Å². The van der Waals surface area contributed by atoms with E-state index in [1.165, 1.54) is 59.9 Å². The Morgan fingerprint density at radius 3 is 2.00 bits per heavy atom. The van der Waals surface area contributed by atoms with Crippen molar-refractivity contribution in [3.05, 3.63) is 140 Å². The molecule has 9 aromatic rings. The van der Waals surface area contributed by atoms with E-state index in [-0.39, 0.29) is 0 Å². The molecule has 4 aromatic heterocycles. The number of para-hydroxylation sites is 3. The van der Waals surface area contributed by atoms with Crippen LogP contribution in [-0.4, -0.2) is 14.0 Å². The summed E-state index contributed by atoms with van der Waals surface area (Å²) in [4.78, 5) is 4.61. The highest BCUT2D eigenvalue weighted by Crippen LogP contribution is 2.40. The summed E-state index contributed by atoms with van der Waals surface area (Å²) < 4.78 is 4.83. The van der Waals surface area contributed by atoms with Crippen molar-refractivity contribution >= 4 is 59.9 Å². The van der Waals surface area contributed by atoms with Gasteiger partial charge in [0.25, 0.3) is 0 Å². The van der Waals surface area contributed by atoms with Crippen LogP contribution >= 0.6 is 0 Å². The van der Waals surface area contributed by atoms with E-state index in [4.69, 9.17) is 0 Å². The fraction of sp³-hybridized carbons (Fsp3) is 0. The largest absolute Gasteiger partial charge is 0.309 e. The number of hydrogen-bond acceptors (Lipinski definition) is 1. The van der Waals surface area contributed by atoms with Crippen molar-refractivity contribution in [2.45, 2.75) is 0 Å². The Kier molecular flexibility index (Phi) is 4.33. The average molecular weight is 510 g/mol. The van der Waals surface area contributed by atoms with Crippen LogP contribution < -0.4 is 0 Å². The third-order valence-electron chi connectivity index (χ3n) is 8.30. The highest BCUT2D eigenvalue weighted by molar-refractivity contribution is 6.22. The molecule has 0 aliphatic heterocycles. The van der Waals surface area contributed by atoms with Gasteiger partial charge in [0.05, 0.1) is 33.3 Å². The molecule has 0 aliphatic carbocycles. The fourth-order valence-electron chi connectivity index (χ4n) is 6.57. The zero-order chi connectivity index (χ0) is 26.2. The number of aromatic nitrogens is 3. The molecule has 0 saturated heterocycles. The van der Waals surface area contributed by atoms with Crippen molar-refractivity contribution in [3.63, 3.8) is 0 Å². The summed E-state index contributed by atoms with van der Waals surface area (Å²) in [6.45, 7) is 0. The molecule has 186 valence electrons. The van der Waals surface area contributed by atoms with E-state index in [0.29, 0.717) is 0 Å². The van der Waals surface area contributed by atoms with Crippen molar-refractivity contribution in [2.75, 3.05) is 0 Å². The Balaban J connectivity index is 1.46. The van der Waals surface area contributed by atoms with Crippen LogP contribution in [0.4, 0.5) is 0 Å². The minimum absolute atomic E-state index is 0.976. The Labute approximate surface area is 230 Å². The predicted molar refractivity (Wildman–Crippen MR) is 167 cm³/mol. The molecule has 0 unspecified atom stereocenters. The highest BCUT2D eigenvalue weighted by Gasteiger charge is 2.18. The topological polar surface area (TPSA) is 22.2 Å². The number of pyridine rings is 2. The van der Waals surface area contributed by atoms with Gasteiger partial charge in [-0.3, -0.25) is 4.98 Å². The summed E-state index contributed by atoms with van der Waals surface area (Å²) in [5, 5.41) is 7.58. The molecule has 0 fully saturated rings. The molecule has 0 spiro atoms. The van der Waals surface area contributed by atoms with E-state index in [1.807, 2.05) is 18.3 Å². The molecular weight excluding hydrogens is 486 g/mol. The van der Waals surface area contributed by atoms with Crippen LogP contribution in [0.3, 0.4) is 0 Å². The van der Waals surface area contributed by atoms with Crippen molar-refractivity contribution in [1.82, 2.24) is 14.0 Å². The van der Waals surface area contributed by atoms with Gasteiger partial charge < -0.3 is 8.97 Å². The molecule has 0 atom stereocenters. The molecule has 40 heavy (non-hydrogen) atoms. The Morgan fingerprint density at radius 1 is 0.425 bits per heavy atom. The zero-order valence-corrected chi connectivity index (χ0v) is 21.6. The second-order valence-electron chi connectivity index (χ2n) is 10.5. The summed E-state index contributed by atoms with van der Waals surface area (Å²) in [5.74, 6) is 0. The van der Waals surface area contributed by atoms with Gasteiger partial charge in [0.2, 0.25) is 0 Å². The lowest BCUT2D eigenvalue weighted by atomic mass is 10.0. The first kappa shape index (κ1) is 21.5. The van der Waals surface area contributed by atoms with Crippen LogP contribution in [0, 0.1) is 0 Å². The summed E-state index contributed by atoms with van der Waals surface area (Å²) in [7, 11) is 0. The summed E-state index contributed by atoms with van der Waals surface area (Å²) in [6.07, 6.45) is 1.85. The van der Waals surface area contributed by atoms with Crippen molar-refractivity contribution in [1.29, 1.82) is 0 Å².